The zero-order valence-electron chi connectivity index (χ0n) is 34.0. The van der Waals surface area contributed by atoms with Gasteiger partial charge in [-0.3, -0.25) is 0 Å². The van der Waals surface area contributed by atoms with Crippen LogP contribution in [0.1, 0.15) is 124 Å². The number of hydrogen-bond acceptors (Lipinski definition) is 4. The second kappa shape index (κ2) is 23.2. The van der Waals surface area contributed by atoms with Crippen molar-refractivity contribution < 1.29 is 0 Å². The highest BCUT2D eigenvalue weighted by atomic mass is 15.1. The smallest absolute Gasteiger partial charge is 0.113 e. The fraction of sp³-hybridized carbons (Fsp3) is 0.308. The molecule has 0 saturated heterocycles. The molecule has 2 heterocycles. The third-order valence-corrected chi connectivity index (χ3v) is 9.77. The molecule has 0 aliphatic rings. The normalized spacial score (nSPS) is 10.9. The first-order chi connectivity index (χ1) is 27.6. The lowest BCUT2D eigenvalue weighted by Gasteiger charge is -2.26. The molecule has 0 amide bonds. The van der Waals surface area contributed by atoms with Gasteiger partial charge in [0.05, 0.1) is 0 Å². The van der Waals surface area contributed by atoms with Crippen LogP contribution < -0.4 is 9.80 Å². The van der Waals surface area contributed by atoms with Gasteiger partial charge in [0.15, 0.2) is 0 Å². The summed E-state index contributed by atoms with van der Waals surface area (Å²) >= 11 is 0. The fourth-order valence-corrected chi connectivity index (χ4v) is 6.55. The van der Waals surface area contributed by atoms with Crippen molar-refractivity contribution >= 4 is 35.7 Å². The van der Waals surface area contributed by atoms with Gasteiger partial charge < -0.3 is 9.80 Å². The lowest BCUT2D eigenvalue weighted by Crippen LogP contribution is -2.26. The second-order valence-corrected chi connectivity index (χ2v) is 14.1. The van der Waals surface area contributed by atoms with Crippen LogP contribution in [-0.4, -0.2) is 36.1 Å². The van der Waals surface area contributed by atoms with Gasteiger partial charge in [0, 0.05) is 61.1 Å². The van der Waals surface area contributed by atoms with Crippen molar-refractivity contribution in [3.63, 3.8) is 0 Å². The van der Waals surface area contributed by atoms with E-state index >= 15 is 0 Å². The minimum atomic E-state index is 0.736. The number of anilines is 2. The highest BCUT2D eigenvalue weighted by Crippen LogP contribution is 2.28. The standard InChI is InChI=1S/C52H58N4/c1-5-9-37-55(38-10-6-2)51-25-15-13-21-43(51)27-29-45-41-48(32-34-50-24-18-20-36-54-50)46(42-47(45)31-33-49-23-17-19-35-53-49)30-28-44-22-14-16-26-52(44)56(39-11-7-3)40-12-8-4/h13-30,35-36,41-42H,5-12,37-40H2,1-4H3/b29-27+,30-28+. The molecule has 4 heteroatoms. The summed E-state index contributed by atoms with van der Waals surface area (Å²) in [4.78, 5) is 14.1. The molecule has 0 unspecified atom stereocenters. The van der Waals surface area contributed by atoms with Crippen LogP contribution >= 0.6 is 0 Å². The van der Waals surface area contributed by atoms with E-state index in [0.717, 1.165) is 59.8 Å². The molecule has 56 heavy (non-hydrogen) atoms. The van der Waals surface area contributed by atoms with Gasteiger partial charge >= 0.3 is 0 Å². The monoisotopic (exact) mass is 738 g/mol. The lowest BCUT2D eigenvalue weighted by molar-refractivity contribution is 0.677. The predicted molar refractivity (Wildman–Crippen MR) is 242 cm³/mol. The van der Waals surface area contributed by atoms with Gasteiger partial charge in [0.2, 0.25) is 0 Å². The van der Waals surface area contributed by atoms with Crippen LogP contribution in [0.3, 0.4) is 0 Å². The Kier molecular flexibility index (Phi) is 17.1. The molecule has 0 saturated carbocycles. The summed E-state index contributed by atoms with van der Waals surface area (Å²) in [6, 6.07) is 33.6. The van der Waals surface area contributed by atoms with E-state index in [9.17, 15) is 0 Å². The van der Waals surface area contributed by atoms with Gasteiger partial charge in [0.25, 0.3) is 0 Å². The SMILES string of the molecule is CCCCN(CCCC)c1ccccc1/C=C/c1cc(C#Cc2ccccn2)c(/C=C/c2ccccc2N(CCCC)CCCC)cc1C#Cc1ccccn1. The molecule has 3 aromatic carbocycles. The van der Waals surface area contributed by atoms with E-state index in [0.29, 0.717) is 0 Å². The molecular formula is C52H58N4. The van der Waals surface area contributed by atoms with Crippen LogP contribution in [0.25, 0.3) is 24.3 Å². The number of benzene rings is 3. The molecule has 286 valence electrons. The van der Waals surface area contributed by atoms with Crippen LogP contribution in [0.5, 0.6) is 0 Å². The van der Waals surface area contributed by atoms with Crippen molar-refractivity contribution in [2.24, 2.45) is 0 Å². The molecule has 0 bridgehead atoms. The average Bonchev–Trinajstić information content (AvgIpc) is 3.25. The Morgan fingerprint density at radius 3 is 1.14 bits per heavy atom. The second-order valence-electron chi connectivity index (χ2n) is 14.1. The first kappa shape index (κ1) is 41.3. The molecule has 2 aromatic heterocycles. The molecule has 5 aromatic rings. The van der Waals surface area contributed by atoms with Crippen LogP contribution in [0, 0.1) is 23.7 Å². The molecule has 0 aliphatic heterocycles. The van der Waals surface area contributed by atoms with Gasteiger partial charge in [-0.05, 0) is 108 Å². The third-order valence-electron chi connectivity index (χ3n) is 9.77. The summed E-state index contributed by atoms with van der Waals surface area (Å²) in [6.45, 7) is 13.3. The number of nitrogens with zero attached hydrogens (tertiary/aromatic N) is 4. The molecular weight excluding hydrogens is 681 g/mol. The van der Waals surface area contributed by atoms with Gasteiger partial charge in [-0.25, -0.2) is 9.97 Å². The molecule has 0 N–H and O–H groups in total. The summed E-state index contributed by atoms with van der Waals surface area (Å²) in [7, 11) is 0. The third kappa shape index (κ3) is 12.6. The van der Waals surface area contributed by atoms with Crippen LogP contribution in [-0.2, 0) is 0 Å². The van der Waals surface area contributed by atoms with Crippen molar-refractivity contribution in [2.45, 2.75) is 79.1 Å². The fourth-order valence-electron chi connectivity index (χ4n) is 6.55. The van der Waals surface area contributed by atoms with Gasteiger partial charge in [-0.1, -0.05) is 138 Å². The molecule has 0 spiro atoms. The van der Waals surface area contributed by atoms with E-state index in [-0.39, 0.29) is 0 Å². The quantitative estimate of drug-likeness (QED) is 0.0662. The van der Waals surface area contributed by atoms with E-state index in [4.69, 9.17) is 0 Å². The average molecular weight is 739 g/mol. The van der Waals surface area contributed by atoms with Crippen molar-refractivity contribution in [3.8, 4) is 23.7 Å². The molecule has 0 fully saturated rings. The van der Waals surface area contributed by atoms with Crippen molar-refractivity contribution in [2.75, 3.05) is 36.0 Å². The zero-order chi connectivity index (χ0) is 39.2. The van der Waals surface area contributed by atoms with Crippen molar-refractivity contribution in [1.82, 2.24) is 9.97 Å². The van der Waals surface area contributed by atoms with Crippen molar-refractivity contribution in [1.29, 1.82) is 0 Å². The van der Waals surface area contributed by atoms with Gasteiger partial charge in [-0.15, -0.1) is 0 Å². The van der Waals surface area contributed by atoms with E-state index in [2.05, 4.69) is 156 Å². The summed E-state index contributed by atoms with van der Waals surface area (Å²) in [5.74, 6) is 13.7. The number of aromatic nitrogens is 2. The maximum atomic E-state index is 4.50. The largest absolute Gasteiger partial charge is 0.371 e. The van der Waals surface area contributed by atoms with E-state index < -0.39 is 0 Å². The summed E-state index contributed by atoms with van der Waals surface area (Å²) in [5, 5.41) is 0. The maximum Gasteiger partial charge on any atom is 0.113 e. The molecule has 5 rings (SSSR count). The highest BCUT2D eigenvalue weighted by molar-refractivity contribution is 5.83. The van der Waals surface area contributed by atoms with E-state index in [1.54, 1.807) is 12.4 Å². The Morgan fingerprint density at radius 2 is 0.786 bits per heavy atom. The maximum absolute atomic E-state index is 4.50. The first-order valence-electron chi connectivity index (χ1n) is 20.7. The Hall–Kier alpha value is -5.84. The number of pyridine rings is 2. The number of unbranched alkanes of at least 4 members (excludes halogenated alkanes) is 4. The summed E-state index contributed by atoms with van der Waals surface area (Å²) < 4.78 is 0. The van der Waals surface area contributed by atoms with E-state index in [1.165, 1.54) is 73.9 Å². The number of para-hydroxylation sites is 2. The summed E-state index contributed by atoms with van der Waals surface area (Å²) in [5.41, 5.74) is 10.2. The predicted octanol–water partition coefficient (Wildman–Crippen LogP) is 12.4. The van der Waals surface area contributed by atoms with Crippen LogP contribution in [0.15, 0.2) is 109 Å². The highest BCUT2D eigenvalue weighted by Gasteiger charge is 2.12. The minimum absolute atomic E-state index is 0.736. The molecule has 0 atom stereocenters. The van der Waals surface area contributed by atoms with Crippen molar-refractivity contribution in [3.05, 3.63) is 154 Å². The number of rotatable bonds is 18. The Morgan fingerprint density at radius 1 is 0.429 bits per heavy atom. The summed E-state index contributed by atoms with van der Waals surface area (Å²) in [6.07, 6.45) is 21.8. The molecule has 4 nitrogen and oxygen atoms in total. The molecule has 0 aliphatic carbocycles. The lowest BCUT2D eigenvalue weighted by atomic mass is 9.96. The topological polar surface area (TPSA) is 32.3 Å². The zero-order valence-corrected chi connectivity index (χ0v) is 34.0. The Bertz CT molecular complexity index is 1960. The number of hydrogen-bond donors (Lipinski definition) is 0. The Labute approximate surface area is 337 Å². The van der Waals surface area contributed by atoms with E-state index in [1.807, 2.05) is 36.4 Å². The minimum Gasteiger partial charge on any atom is -0.371 e. The van der Waals surface area contributed by atoms with Crippen LogP contribution in [0.2, 0.25) is 0 Å². The first-order valence-corrected chi connectivity index (χ1v) is 20.7. The van der Waals surface area contributed by atoms with Crippen LogP contribution in [0.4, 0.5) is 11.4 Å². The van der Waals surface area contributed by atoms with Gasteiger partial charge in [-0.2, -0.15) is 0 Å². The molecule has 0 radical (unpaired) electrons. The Balaban J connectivity index is 1.65. The van der Waals surface area contributed by atoms with Gasteiger partial charge in [0.1, 0.15) is 11.4 Å².